The lowest BCUT2D eigenvalue weighted by atomic mass is 10.2. The molecular formula is C18H18FN3O3S. The lowest BCUT2D eigenvalue weighted by Crippen LogP contribution is -2.29. The molecule has 0 saturated carbocycles. The van der Waals surface area contributed by atoms with E-state index in [4.69, 9.17) is 4.74 Å². The standard InChI is InChI=1S/C18H18FN3O3S/c1-21(10-12-3-4-15(25-2)14(19)9-12)16(23)5-7-22-11-20-17-13(18(22)24)6-8-26-17/h3-4,6,8-9,11H,5,7,10H2,1-2H3. The molecule has 0 aliphatic heterocycles. The normalized spacial score (nSPS) is 10.9. The van der Waals surface area contributed by atoms with Gasteiger partial charge in [-0.1, -0.05) is 6.07 Å². The Balaban J connectivity index is 1.62. The van der Waals surface area contributed by atoms with Gasteiger partial charge in [0.25, 0.3) is 5.56 Å². The topological polar surface area (TPSA) is 64.4 Å². The second kappa shape index (κ2) is 7.65. The fourth-order valence-electron chi connectivity index (χ4n) is 2.63. The molecule has 0 saturated heterocycles. The molecule has 1 aromatic carbocycles. The molecule has 3 aromatic rings. The first-order valence-corrected chi connectivity index (χ1v) is 8.86. The van der Waals surface area contributed by atoms with Crippen LogP contribution in [0.15, 0.2) is 40.8 Å². The van der Waals surface area contributed by atoms with Crippen LogP contribution in [0.5, 0.6) is 5.75 Å². The van der Waals surface area contributed by atoms with Gasteiger partial charge in [0.05, 0.1) is 18.8 Å². The third-order valence-electron chi connectivity index (χ3n) is 4.08. The van der Waals surface area contributed by atoms with Gasteiger partial charge in [-0.15, -0.1) is 11.3 Å². The van der Waals surface area contributed by atoms with Gasteiger partial charge in [-0.25, -0.2) is 9.37 Å². The van der Waals surface area contributed by atoms with Crippen molar-refractivity contribution in [2.45, 2.75) is 19.5 Å². The van der Waals surface area contributed by atoms with E-state index in [1.165, 1.54) is 46.4 Å². The van der Waals surface area contributed by atoms with Gasteiger partial charge >= 0.3 is 0 Å². The van der Waals surface area contributed by atoms with Crippen molar-refractivity contribution < 1.29 is 13.9 Å². The van der Waals surface area contributed by atoms with Gasteiger partial charge in [-0.2, -0.15) is 0 Å². The number of nitrogens with zero attached hydrogens (tertiary/aromatic N) is 3. The molecule has 8 heteroatoms. The molecule has 2 heterocycles. The van der Waals surface area contributed by atoms with E-state index in [2.05, 4.69) is 4.98 Å². The average Bonchev–Trinajstić information content (AvgIpc) is 3.10. The second-order valence-electron chi connectivity index (χ2n) is 5.85. The quantitative estimate of drug-likeness (QED) is 0.664. The highest BCUT2D eigenvalue weighted by Crippen LogP contribution is 2.18. The largest absolute Gasteiger partial charge is 0.494 e. The number of fused-ring (bicyclic) bond motifs is 1. The number of benzene rings is 1. The number of carbonyl (C=O) groups is 1. The number of methoxy groups -OCH3 is 1. The van der Waals surface area contributed by atoms with Crippen LogP contribution >= 0.6 is 11.3 Å². The Morgan fingerprint density at radius 1 is 1.38 bits per heavy atom. The number of aryl methyl sites for hydroxylation is 1. The minimum absolute atomic E-state index is 0.140. The van der Waals surface area contributed by atoms with Crippen molar-refractivity contribution in [3.8, 4) is 5.75 Å². The summed E-state index contributed by atoms with van der Waals surface area (Å²) in [4.78, 5) is 31.1. The Morgan fingerprint density at radius 3 is 2.92 bits per heavy atom. The predicted octanol–water partition coefficient (Wildman–Crippen LogP) is 2.65. The van der Waals surface area contributed by atoms with Crippen LogP contribution in [0, 0.1) is 5.82 Å². The highest BCUT2D eigenvalue weighted by Gasteiger charge is 2.12. The van der Waals surface area contributed by atoms with Crippen LogP contribution in [0.4, 0.5) is 4.39 Å². The van der Waals surface area contributed by atoms with E-state index in [1.807, 2.05) is 5.38 Å². The molecule has 6 nitrogen and oxygen atoms in total. The van der Waals surface area contributed by atoms with Gasteiger partial charge < -0.3 is 9.64 Å². The van der Waals surface area contributed by atoms with Crippen LogP contribution < -0.4 is 10.3 Å². The molecule has 0 radical (unpaired) electrons. The zero-order chi connectivity index (χ0) is 18.7. The van der Waals surface area contributed by atoms with Gasteiger partial charge in [0.1, 0.15) is 4.83 Å². The van der Waals surface area contributed by atoms with Crippen molar-refractivity contribution in [1.29, 1.82) is 0 Å². The molecule has 3 rings (SSSR count). The van der Waals surface area contributed by atoms with Gasteiger partial charge in [0.2, 0.25) is 5.91 Å². The third kappa shape index (κ3) is 3.75. The van der Waals surface area contributed by atoms with Gasteiger partial charge in [0.15, 0.2) is 11.6 Å². The number of amides is 1. The van der Waals surface area contributed by atoms with Crippen LogP contribution in [0.3, 0.4) is 0 Å². The first kappa shape index (κ1) is 18.1. The summed E-state index contributed by atoms with van der Waals surface area (Å²) in [5, 5.41) is 2.38. The monoisotopic (exact) mass is 375 g/mol. The fourth-order valence-corrected chi connectivity index (χ4v) is 3.35. The maximum Gasteiger partial charge on any atom is 0.262 e. The van der Waals surface area contributed by atoms with Crippen molar-refractivity contribution in [3.05, 3.63) is 57.7 Å². The van der Waals surface area contributed by atoms with E-state index < -0.39 is 5.82 Å². The first-order chi connectivity index (χ1) is 12.5. The zero-order valence-corrected chi connectivity index (χ0v) is 15.3. The van der Waals surface area contributed by atoms with E-state index in [1.54, 1.807) is 19.2 Å². The van der Waals surface area contributed by atoms with Crippen molar-refractivity contribution in [1.82, 2.24) is 14.5 Å². The lowest BCUT2D eigenvalue weighted by Gasteiger charge is -2.18. The maximum absolute atomic E-state index is 13.7. The van der Waals surface area contributed by atoms with E-state index in [0.29, 0.717) is 15.8 Å². The van der Waals surface area contributed by atoms with Gasteiger partial charge in [-0.05, 0) is 29.1 Å². The predicted molar refractivity (Wildman–Crippen MR) is 97.9 cm³/mol. The molecule has 1 amide bonds. The summed E-state index contributed by atoms with van der Waals surface area (Å²) in [6.07, 6.45) is 1.62. The Kier molecular flexibility index (Phi) is 5.32. The lowest BCUT2D eigenvalue weighted by molar-refractivity contribution is -0.130. The van der Waals surface area contributed by atoms with Crippen molar-refractivity contribution in [3.63, 3.8) is 0 Å². The molecule has 0 aliphatic carbocycles. The van der Waals surface area contributed by atoms with Crippen molar-refractivity contribution in [2.75, 3.05) is 14.2 Å². The summed E-state index contributed by atoms with van der Waals surface area (Å²) in [7, 11) is 3.05. The number of hydrogen-bond donors (Lipinski definition) is 0. The summed E-state index contributed by atoms with van der Waals surface area (Å²) in [6, 6.07) is 6.33. The minimum Gasteiger partial charge on any atom is -0.494 e. The summed E-state index contributed by atoms with van der Waals surface area (Å²) in [5.74, 6) is -0.440. The molecule has 136 valence electrons. The summed E-state index contributed by atoms with van der Waals surface area (Å²) in [6.45, 7) is 0.522. The van der Waals surface area contributed by atoms with Gasteiger partial charge in [-0.3, -0.25) is 14.2 Å². The molecule has 0 bridgehead atoms. The molecule has 2 aromatic heterocycles. The Labute approximate surface area is 153 Å². The first-order valence-electron chi connectivity index (χ1n) is 7.98. The third-order valence-corrected chi connectivity index (χ3v) is 4.90. The Hall–Kier alpha value is -2.74. The van der Waals surface area contributed by atoms with Crippen molar-refractivity contribution >= 4 is 27.5 Å². The van der Waals surface area contributed by atoms with E-state index in [9.17, 15) is 14.0 Å². The number of carbonyl (C=O) groups excluding carboxylic acids is 1. The minimum atomic E-state index is -0.465. The molecule has 0 fully saturated rings. The number of hydrogen-bond acceptors (Lipinski definition) is 5. The van der Waals surface area contributed by atoms with E-state index in [0.717, 1.165) is 0 Å². The molecular weight excluding hydrogens is 357 g/mol. The van der Waals surface area contributed by atoms with Crippen LogP contribution in [0.25, 0.3) is 10.2 Å². The highest BCUT2D eigenvalue weighted by atomic mass is 32.1. The van der Waals surface area contributed by atoms with E-state index >= 15 is 0 Å². The molecule has 26 heavy (non-hydrogen) atoms. The molecule has 0 unspecified atom stereocenters. The molecule has 0 N–H and O–H groups in total. The summed E-state index contributed by atoms with van der Waals surface area (Å²) in [5.41, 5.74) is 0.515. The number of thiophene rings is 1. The van der Waals surface area contributed by atoms with E-state index in [-0.39, 0.29) is 36.7 Å². The number of rotatable bonds is 6. The zero-order valence-electron chi connectivity index (χ0n) is 14.4. The maximum atomic E-state index is 13.7. The summed E-state index contributed by atoms with van der Waals surface area (Å²) < 4.78 is 20.1. The highest BCUT2D eigenvalue weighted by molar-refractivity contribution is 7.16. The van der Waals surface area contributed by atoms with Crippen LogP contribution in [-0.4, -0.2) is 34.5 Å². The molecule has 0 aliphatic rings. The molecule has 0 atom stereocenters. The average molecular weight is 375 g/mol. The van der Waals surface area contributed by atoms with Gasteiger partial charge in [0, 0.05) is 26.6 Å². The SMILES string of the molecule is COc1ccc(CN(C)C(=O)CCn2cnc3sccc3c2=O)cc1F. The van der Waals surface area contributed by atoms with Crippen LogP contribution in [0.2, 0.25) is 0 Å². The summed E-state index contributed by atoms with van der Waals surface area (Å²) >= 11 is 1.41. The molecule has 0 spiro atoms. The Bertz CT molecular complexity index is 999. The number of ether oxygens (including phenoxy) is 1. The van der Waals surface area contributed by atoms with Crippen LogP contribution in [-0.2, 0) is 17.9 Å². The second-order valence-corrected chi connectivity index (χ2v) is 6.75. The number of aromatic nitrogens is 2. The fraction of sp³-hybridized carbons (Fsp3) is 0.278. The Morgan fingerprint density at radius 2 is 2.19 bits per heavy atom. The van der Waals surface area contributed by atoms with Crippen molar-refractivity contribution in [2.24, 2.45) is 0 Å². The smallest absolute Gasteiger partial charge is 0.262 e. The van der Waals surface area contributed by atoms with Crippen LogP contribution in [0.1, 0.15) is 12.0 Å². The number of halogens is 1.